The van der Waals surface area contributed by atoms with E-state index in [9.17, 15) is 0 Å². The molecular formula is C23H36IN7O2. The predicted molar refractivity (Wildman–Crippen MR) is 139 cm³/mol. The van der Waals surface area contributed by atoms with Crippen molar-refractivity contribution in [3.8, 4) is 11.5 Å². The summed E-state index contributed by atoms with van der Waals surface area (Å²) in [5.41, 5.74) is 1.26. The van der Waals surface area contributed by atoms with Gasteiger partial charge in [0.05, 0.1) is 0 Å². The van der Waals surface area contributed by atoms with Gasteiger partial charge in [-0.2, -0.15) is 0 Å². The van der Waals surface area contributed by atoms with Crippen LogP contribution in [-0.2, 0) is 19.5 Å². The van der Waals surface area contributed by atoms with E-state index in [1.54, 1.807) is 0 Å². The summed E-state index contributed by atoms with van der Waals surface area (Å²) < 4.78 is 13.1. The number of nitrogens with zero attached hydrogens (tertiary/aromatic N) is 6. The molecule has 1 N–H and O–H groups in total. The van der Waals surface area contributed by atoms with Crippen LogP contribution in [0.3, 0.4) is 0 Å². The first kappa shape index (κ1) is 25.5. The number of guanidine groups is 1. The van der Waals surface area contributed by atoms with E-state index < -0.39 is 0 Å². The zero-order chi connectivity index (χ0) is 22.2. The fraction of sp³-hybridized carbons (Fsp3) is 0.609. The lowest BCUT2D eigenvalue weighted by molar-refractivity contribution is 0.171. The Bertz CT molecular complexity index is 897. The number of halogens is 1. The summed E-state index contributed by atoms with van der Waals surface area (Å²) in [5, 5.41) is 11.8. The van der Waals surface area contributed by atoms with Crippen molar-refractivity contribution in [2.45, 2.75) is 46.2 Å². The smallest absolute Gasteiger partial charge is 0.231 e. The van der Waals surface area contributed by atoms with Crippen LogP contribution in [0.4, 0.5) is 0 Å². The van der Waals surface area contributed by atoms with Crippen LogP contribution < -0.4 is 14.8 Å². The topological polar surface area (TPSA) is 80.0 Å². The molecule has 0 spiro atoms. The van der Waals surface area contributed by atoms with Gasteiger partial charge in [0.25, 0.3) is 0 Å². The van der Waals surface area contributed by atoms with E-state index in [-0.39, 0.29) is 24.0 Å². The monoisotopic (exact) mass is 569 g/mol. The molecule has 0 unspecified atom stereocenters. The van der Waals surface area contributed by atoms with Crippen molar-refractivity contribution in [2.24, 2.45) is 4.99 Å². The average molecular weight is 569 g/mol. The zero-order valence-electron chi connectivity index (χ0n) is 19.7. The Labute approximate surface area is 213 Å². The Balaban J connectivity index is 0.00000306. The highest BCUT2D eigenvalue weighted by atomic mass is 127. The molecule has 0 saturated carbocycles. The predicted octanol–water partition coefficient (Wildman–Crippen LogP) is 2.75. The highest BCUT2D eigenvalue weighted by molar-refractivity contribution is 14.0. The van der Waals surface area contributed by atoms with Gasteiger partial charge in [-0.15, -0.1) is 34.2 Å². The van der Waals surface area contributed by atoms with Crippen molar-refractivity contribution in [3.05, 3.63) is 35.9 Å². The van der Waals surface area contributed by atoms with E-state index in [0.717, 1.165) is 94.9 Å². The SMILES string of the molecule is CCCCN=C(NCCn1cnnc1CC)N1CCN(Cc2ccc3c(c2)OCO3)CC1.I. The minimum Gasteiger partial charge on any atom is -0.454 e. The van der Waals surface area contributed by atoms with Gasteiger partial charge in [-0.3, -0.25) is 9.89 Å². The number of piperazine rings is 1. The number of hydrogen-bond acceptors (Lipinski definition) is 6. The molecule has 0 bridgehead atoms. The summed E-state index contributed by atoms with van der Waals surface area (Å²) in [5.74, 6) is 3.74. The van der Waals surface area contributed by atoms with Crippen LogP contribution in [0.25, 0.3) is 0 Å². The lowest BCUT2D eigenvalue weighted by Gasteiger charge is -2.36. The number of ether oxygens (including phenoxy) is 2. The molecule has 10 heteroatoms. The maximum atomic E-state index is 5.52. The summed E-state index contributed by atoms with van der Waals surface area (Å²) >= 11 is 0. The molecule has 9 nitrogen and oxygen atoms in total. The lowest BCUT2D eigenvalue weighted by Crippen LogP contribution is -2.52. The molecule has 1 saturated heterocycles. The van der Waals surface area contributed by atoms with Crippen LogP contribution >= 0.6 is 24.0 Å². The van der Waals surface area contributed by atoms with Crippen molar-refractivity contribution in [3.63, 3.8) is 0 Å². The number of fused-ring (bicyclic) bond motifs is 1. The number of unbranched alkanes of at least 4 members (excludes halogenated alkanes) is 1. The standard InChI is InChI=1S/C23H35N7O2.HI/c1-3-5-8-24-23(25-9-10-30-17-26-27-22(30)4-2)29-13-11-28(12-14-29)16-19-6-7-20-21(15-19)32-18-31-20;/h6-7,15,17H,3-5,8-14,16,18H2,1-2H3,(H,24,25);1H. The minimum absolute atomic E-state index is 0. The van der Waals surface area contributed by atoms with Gasteiger partial charge in [-0.25, -0.2) is 0 Å². The average Bonchev–Trinajstić information content (AvgIpc) is 3.47. The van der Waals surface area contributed by atoms with Crippen LogP contribution in [0, 0.1) is 0 Å². The number of benzene rings is 1. The molecule has 0 amide bonds. The molecule has 1 aromatic heterocycles. The largest absolute Gasteiger partial charge is 0.454 e. The first-order valence-electron chi connectivity index (χ1n) is 11.8. The van der Waals surface area contributed by atoms with Gasteiger partial charge in [0.1, 0.15) is 12.2 Å². The maximum absolute atomic E-state index is 5.52. The van der Waals surface area contributed by atoms with Gasteiger partial charge in [0.15, 0.2) is 17.5 Å². The summed E-state index contributed by atoms with van der Waals surface area (Å²) in [7, 11) is 0. The van der Waals surface area contributed by atoms with Gasteiger partial charge < -0.3 is 24.3 Å². The molecule has 4 rings (SSSR count). The van der Waals surface area contributed by atoms with Gasteiger partial charge in [-0.1, -0.05) is 26.3 Å². The normalized spacial score (nSPS) is 16.1. The van der Waals surface area contributed by atoms with Gasteiger partial charge in [0, 0.05) is 58.8 Å². The summed E-state index contributed by atoms with van der Waals surface area (Å²) in [6.07, 6.45) is 4.97. The van der Waals surface area contributed by atoms with E-state index in [1.807, 2.05) is 12.4 Å². The molecule has 33 heavy (non-hydrogen) atoms. The van der Waals surface area contributed by atoms with Crippen LogP contribution in [0.1, 0.15) is 38.1 Å². The number of rotatable bonds is 9. The Morgan fingerprint density at radius 1 is 1.12 bits per heavy atom. The van der Waals surface area contributed by atoms with Crippen molar-refractivity contribution in [1.29, 1.82) is 0 Å². The third kappa shape index (κ3) is 6.95. The van der Waals surface area contributed by atoms with Crippen molar-refractivity contribution in [1.82, 2.24) is 29.9 Å². The third-order valence-electron chi connectivity index (χ3n) is 5.94. The molecule has 0 radical (unpaired) electrons. The molecule has 182 valence electrons. The van der Waals surface area contributed by atoms with Crippen LogP contribution in [-0.4, -0.2) is 76.6 Å². The fourth-order valence-corrected chi connectivity index (χ4v) is 4.05. The quantitative estimate of drug-likeness (QED) is 0.215. The Morgan fingerprint density at radius 3 is 2.73 bits per heavy atom. The first-order chi connectivity index (χ1) is 15.8. The highest BCUT2D eigenvalue weighted by Crippen LogP contribution is 2.32. The maximum Gasteiger partial charge on any atom is 0.231 e. The minimum atomic E-state index is 0. The Kier molecular flexibility index (Phi) is 10.0. The third-order valence-corrected chi connectivity index (χ3v) is 5.94. The van der Waals surface area contributed by atoms with E-state index in [2.05, 4.69) is 55.9 Å². The molecule has 0 aliphatic carbocycles. The molecule has 0 atom stereocenters. The van der Waals surface area contributed by atoms with E-state index >= 15 is 0 Å². The second kappa shape index (κ2) is 13.0. The molecular weight excluding hydrogens is 533 g/mol. The molecule has 3 heterocycles. The summed E-state index contributed by atoms with van der Waals surface area (Å²) in [6.45, 7) is 12.0. The van der Waals surface area contributed by atoms with Gasteiger partial charge in [0.2, 0.25) is 6.79 Å². The Hall–Kier alpha value is -2.08. The van der Waals surface area contributed by atoms with Crippen molar-refractivity contribution in [2.75, 3.05) is 46.1 Å². The number of hydrogen-bond donors (Lipinski definition) is 1. The van der Waals surface area contributed by atoms with Crippen molar-refractivity contribution < 1.29 is 9.47 Å². The van der Waals surface area contributed by atoms with Gasteiger partial charge >= 0.3 is 0 Å². The molecule has 2 aliphatic rings. The van der Waals surface area contributed by atoms with Crippen molar-refractivity contribution >= 4 is 29.9 Å². The van der Waals surface area contributed by atoms with E-state index in [4.69, 9.17) is 14.5 Å². The van der Waals surface area contributed by atoms with Crippen LogP contribution in [0.5, 0.6) is 11.5 Å². The number of nitrogens with one attached hydrogen (secondary N) is 1. The number of aliphatic imine (C=N–C) groups is 1. The second-order valence-electron chi connectivity index (χ2n) is 8.23. The zero-order valence-corrected chi connectivity index (χ0v) is 22.0. The molecule has 1 fully saturated rings. The van der Waals surface area contributed by atoms with E-state index in [0.29, 0.717) is 6.79 Å². The molecule has 2 aliphatic heterocycles. The van der Waals surface area contributed by atoms with E-state index in [1.165, 1.54) is 5.56 Å². The Morgan fingerprint density at radius 2 is 1.94 bits per heavy atom. The van der Waals surface area contributed by atoms with Crippen LogP contribution in [0.15, 0.2) is 29.5 Å². The van der Waals surface area contributed by atoms with Gasteiger partial charge in [-0.05, 0) is 24.1 Å². The number of aromatic nitrogens is 3. The summed E-state index contributed by atoms with van der Waals surface area (Å²) in [6, 6.07) is 6.24. The second-order valence-corrected chi connectivity index (χ2v) is 8.23. The first-order valence-corrected chi connectivity index (χ1v) is 11.8. The fourth-order valence-electron chi connectivity index (χ4n) is 4.05. The highest BCUT2D eigenvalue weighted by Gasteiger charge is 2.21. The van der Waals surface area contributed by atoms with Crippen LogP contribution in [0.2, 0.25) is 0 Å². The molecule has 1 aromatic carbocycles. The summed E-state index contributed by atoms with van der Waals surface area (Å²) in [4.78, 5) is 9.76. The molecule has 2 aromatic rings. The lowest BCUT2D eigenvalue weighted by atomic mass is 10.1. The number of aryl methyl sites for hydroxylation is 1.